The van der Waals surface area contributed by atoms with Gasteiger partial charge in [0.25, 0.3) is 0 Å². The third kappa shape index (κ3) is 4.90. The van der Waals surface area contributed by atoms with E-state index in [0.29, 0.717) is 0 Å². The minimum Gasteiger partial charge on any atom is -0.445 e. The number of nitrogens with zero attached hydrogens (tertiary/aromatic N) is 1. The topological polar surface area (TPSA) is 84.7 Å². The van der Waals surface area contributed by atoms with Crippen molar-refractivity contribution in [1.29, 1.82) is 0 Å². The molecule has 1 unspecified atom stereocenters. The Morgan fingerprint density at radius 1 is 1.13 bits per heavy atom. The van der Waals surface area contributed by atoms with Gasteiger partial charge in [0, 0.05) is 18.3 Å². The number of rotatable bonds is 5. The summed E-state index contributed by atoms with van der Waals surface area (Å²) in [7, 11) is 0. The zero-order valence-electron chi connectivity index (χ0n) is 17.1. The van der Waals surface area contributed by atoms with Crippen LogP contribution in [0.1, 0.15) is 31.2 Å². The van der Waals surface area contributed by atoms with E-state index in [1.54, 1.807) is 11.8 Å². The van der Waals surface area contributed by atoms with Crippen LogP contribution in [0.15, 0.2) is 42.5 Å². The Morgan fingerprint density at radius 3 is 2.67 bits per heavy atom. The second-order valence-electron chi connectivity index (χ2n) is 8.14. The van der Waals surface area contributed by atoms with Crippen molar-refractivity contribution in [2.24, 2.45) is 11.7 Å². The van der Waals surface area contributed by atoms with Crippen LogP contribution in [0.5, 0.6) is 0 Å². The fraction of sp³-hybridized carbons (Fsp3) is 0.478. The zero-order valence-corrected chi connectivity index (χ0v) is 17.9. The van der Waals surface area contributed by atoms with Crippen LogP contribution in [0.25, 0.3) is 10.8 Å². The number of alkyl carbamates (subject to hydrolysis) is 1. The van der Waals surface area contributed by atoms with E-state index in [1.807, 2.05) is 35.2 Å². The molecule has 2 aromatic rings. The first kappa shape index (κ1) is 21.0. The van der Waals surface area contributed by atoms with E-state index >= 15 is 0 Å². The second kappa shape index (κ2) is 9.71. The molecule has 0 spiro atoms. The quantitative estimate of drug-likeness (QED) is 0.763. The molecule has 160 valence electrons. The van der Waals surface area contributed by atoms with Gasteiger partial charge in [0.05, 0.1) is 11.9 Å². The average molecular weight is 428 g/mol. The van der Waals surface area contributed by atoms with Crippen molar-refractivity contribution in [1.82, 2.24) is 10.2 Å². The Balaban J connectivity index is 1.23. The van der Waals surface area contributed by atoms with Crippen LogP contribution in [0.3, 0.4) is 0 Å². The molecule has 7 heteroatoms. The number of thioether (sulfide) groups is 1. The molecule has 2 aromatic carbocycles. The molecule has 1 heterocycles. The van der Waals surface area contributed by atoms with Crippen molar-refractivity contribution in [2.45, 2.75) is 44.4 Å². The largest absolute Gasteiger partial charge is 0.445 e. The summed E-state index contributed by atoms with van der Waals surface area (Å²) in [4.78, 5) is 26.7. The molecule has 3 N–H and O–H groups in total. The van der Waals surface area contributed by atoms with Crippen molar-refractivity contribution in [2.75, 3.05) is 18.2 Å². The zero-order chi connectivity index (χ0) is 20.9. The highest BCUT2D eigenvalue weighted by Crippen LogP contribution is 2.28. The number of nitrogens with one attached hydrogen (secondary N) is 1. The summed E-state index contributed by atoms with van der Waals surface area (Å²) in [6.07, 6.45) is 2.96. The molecule has 0 aromatic heterocycles. The van der Waals surface area contributed by atoms with Gasteiger partial charge in [-0.25, -0.2) is 4.79 Å². The molecule has 2 amide bonds. The van der Waals surface area contributed by atoms with Crippen LogP contribution in [-0.4, -0.2) is 47.2 Å². The fourth-order valence-corrected chi connectivity index (χ4v) is 5.35. The van der Waals surface area contributed by atoms with Crippen LogP contribution in [0.2, 0.25) is 0 Å². The average Bonchev–Trinajstić information content (AvgIpc) is 3.32. The van der Waals surface area contributed by atoms with Crippen molar-refractivity contribution in [3.63, 3.8) is 0 Å². The van der Waals surface area contributed by atoms with Crippen molar-refractivity contribution < 1.29 is 14.3 Å². The summed E-state index contributed by atoms with van der Waals surface area (Å²) in [6.45, 7) is 1.05. The second-order valence-corrected chi connectivity index (χ2v) is 9.21. The number of hydrogen-bond donors (Lipinski definition) is 2. The lowest BCUT2D eigenvalue weighted by Crippen LogP contribution is -2.49. The Morgan fingerprint density at radius 2 is 1.90 bits per heavy atom. The van der Waals surface area contributed by atoms with Gasteiger partial charge in [-0.3, -0.25) is 4.79 Å². The van der Waals surface area contributed by atoms with Crippen molar-refractivity contribution in [3.8, 4) is 0 Å². The molecule has 1 atom stereocenters. The standard InChI is InChI=1S/C23H29N3O3S/c24-21(22(27)26-12-13-30-15-26)17-8-10-19(11-9-17)25-23(28)29-14-18-6-3-5-16-4-1-2-7-20(16)18/h1-7,17,19,21H,8-15,24H2,(H,25,28). The first-order valence-corrected chi connectivity index (χ1v) is 11.8. The predicted molar refractivity (Wildman–Crippen MR) is 120 cm³/mol. The molecule has 2 aliphatic rings. The lowest BCUT2D eigenvalue weighted by atomic mass is 9.81. The maximum Gasteiger partial charge on any atom is 0.407 e. The molecule has 6 nitrogen and oxygen atoms in total. The van der Waals surface area contributed by atoms with Gasteiger partial charge in [0.2, 0.25) is 5.91 Å². The lowest BCUT2D eigenvalue weighted by molar-refractivity contribution is -0.132. The molecule has 0 radical (unpaired) electrons. The highest BCUT2D eigenvalue weighted by Gasteiger charge is 2.33. The maximum atomic E-state index is 12.5. The number of ether oxygens (including phenoxy) is 1. The summed E-state index contributed by atoms with van der Waals surface area (Å²) < 4.78 is 5.48. The van der Waals surface area contributed by atoms with Gasteiger partial charge in [0.1, 0.15) is 6.61 Å². The van der Waals surface area contributed by atoms with Gasteiger partial charge < -0.3 is 20.7 Å². The monoisotopic (exact) mass is 427 g/mol. The SMILES string of the molecule is NC(C(=O)N1CCSC1)C1CCC(NC(=O)OCc2cccc3ccccc23)CC1. The highest BCUT2D eigenvalue weighted by molar-refractivity contribution is 7.99. The van der Waals surface area contributed by atoms with Crippen LogP contribution in [-0.2, 0) is 16.1 Å². The van der Waals surface area contributed by atoms with Gasteiger partial charge in [-0.2, -0.15) is 0 Å². The molecular weight excluding hydrogens is 398 g/mol. The summed E-state index contributed by atoms with van der Waals surface area (Å²) >= 11 is 1.77. The summed E-state index contributed by atoms with van der Waals surface area (Å²) in [5.74, 6) is 2.01. The van der Waals surface area contributed by atoms with Crippen LogP contribution >= 0.6 is 11.8 Å². The Kier molecular flexibility index (Phi) is 6.79. The van der Waals surface area contributed by atoms with E-state index < -0.39 is 6.04 Å². The van der Waals surface area contributed by atoms with Crippen LogP contribution < -0.4 is 11.1 Å². The molecule has 0 bridgehead atoms. The molecule has 1 saturated heterocycles. The fourth-order valence-electron chi connectivity index (χ4n) is 4.39. The van der Waals surface area contributed by atoms with E-state index in [9.17, 15) is 9.59 Å². The molecule has 2 fully saturated rings. The summed E-state index contributed by atoms with van der Waals surface area (Å²) in [5.41, 5.74) is 7.26. The first-order valence-electron chi connectivity index (χ1n) is 10.6. The van der Waals surface area contributed by atoms with Gasteiger partial charge in [-0.1, -0.05) is 42.5 Å². The number of carbonyl (C=O) groups is 2. The molecule has 1 aliphatic heterocycles. The smallest absolute Gasteiger partial charge is 0.407 e. The minimum absolute atomic E-state index is 0.0749. The van der Waals surface area contributed by atoms with Gasteiger partial charge >= 0.3 is 6.09 Å². The minimum atomic E-state index is -0.428. The summed E-state index contributed by atoms with van der Waals surface area (Å²) in [6, 6.07) is 13.7. The lowest BCUT2D eigenvalue weighted by Gasteiger charge is -2.33. The highest BCUT2D eigenvalue weighted by atomic mass is 32.2. The van der Waals surface area contributed by atoms with Crippen molar-refractivity contribution >= 4 is 34.5 Å². The number of amides is 2. The number of hydrogen-bond acceptors (Lipinski definition) is 5. The van der Waals surface area contributed by atoms with E-state index in [1.165, 1.54) is 0 Å². The van der Waals surface area contributed by atoms with E-state index in [0.717, 1.165) is 60.2 Å². The molecule has 1 aliphatic carbocycles. The normalized spacial score (nSPS) is 22.6. The Hall–Kier alpha value is -2.25. The molecule has 30 heavy (non-hydrogen) atoms. The molecule has 4 rings (SSSR count). The molecular formula is C23H29N3O3S. The number of fused-ring (bicyclic) bond motifs is 1. The third-order valence-corrected chi connectivity index (χ3v) is 7.16. The summed E-state index contributed by atoms with van der Waals surface area (Å²) in [5, 5.41) is 5.22. The van der Waals surface area contributed by atoms with Crippen LogP contribution in [0.4, 0.5) is 4.79 Å². The number of benzene rings is 2. The van der Waals surface area contributed by atoms with Gasteiger partial charge in [-0.15, -0.1) is 11.8 Å². The van der Waals surface area contributed by atoms with Gasteiger partial charge in [-0.05, 0) is 47.9 Å². The van der Waals surface area contributed by atoms with Crippen molar-refractivity contribution in [3.05, 3.63) is 48.0 Å². The van der Waals surface area contributed by atoms with Gasteiger partial charge in [0.15, 0.2) is 0 Å². The number of carbonyl (C=O) groups excluding carboxylic acids is 2. The number of nitrogens with two attached hydrogens (primary N) is 1. The third-order valence-electron chi connectivity index (χ3n) is 6.19. The maximum absolute atomic E-state index is 12.5. The van der Waals surface area contributed by atoms with Crippen LogP contribution in [0, 0.1) is 5.92 Å². The van der Waals surface area contributed by atoms with E-state index in [2.05, 4.69) is 17.4 Å². The first-order chi connectivity index (χ1) is 14.6. The molecule has 1 saturated carbocycles. The Labute approximate surface area is 181 Å². The van der Waals surface area contributed by atoms with E-state index in [4.69, 9.17) is 10.5 Å². The Bertz CT molecular complexity index is 887. The predicted octanol–water partition coefficient (Wildman–Crippen LogP) is 3.49. The van der Waals surface area contributed by atoms with E-state index in [-0.39, 0.29) is 30.6 Å².